The number of hydrogen-bond acceptors (Lipinski definition) is 0. The molecule has 0 aliphatic rings. The highest BCUT2D eigenvalue weighted by molar-refractivity contribution is 6.86. The molecule has 3 heteroatoms. The van der Waals surface area contributed by atoms with Crippen LogP contribution in [0.15, 0.2) is 12.1 Å². The lowest BCUT2D eigenvalue weighted by Gasteiger charge is -2.27. The minimum Gasteiger partial charge on any atom is -0.122 e. The molecule has 146 valence electrons. The van der Waals surface area contributed by atoms with Crippen LogP contribution in [0, 0.1) is 41.5 Å². The van der Waals surface area contributed by atoms with Gasteiger partial charge in [0.1, 0.15) is 0 Å². The number of hydrogen-bond donors (Lipinski definition) is 0. The van der Waals surface area contributed by atoms with Crippen LogP contribution in [0.5, 0.6) is 0 Å². The molecule has 0 bridgehead atoms. The molecule has 2 aromatic rings. The van der Waals surface area contributed by atoms with Gasteiger partial charge in [0.05, 0.1) is 0 Å². The fraction of sp³-hybridized carbons (Fsp3) is 0.500. The van der Waals surface area contributed by atoms with Gasteiger partial charge in [-0.25, -0.2) is 0 Å². The summed E-state index contributed by atoms with van der Waals surface area (Å²) in [6.07, 6.45) is 3.53. The van der Waals surface area contributed by atoms with E-state index in [1.54, 1.807) is 0 Å². The highest BCUT2D eigenvalue weighted by atomic mass is 35.5. The summed E-state index contributed by atoms with van der Waals surface area (Å²) in [5, 5.41) is 0. The molecular formula is C24H33BCl2. The number of benzene rings is 2. The van der Waals surface area contributed by atoms with Crippen LogP contribution >= 0.6 is 23.2 Å². The zero-order chi connectivity index (χ0) is 20.3. The molecule has 0 fully saturated rings. The van der Waals surface area contributed by atoms with Gasteiger partial charge in [-0.3, -0.25) is 0 Å². The smallest absolute Gasteiger partial charge is 0.122 e. The lowest BCUT2D eigenvalue weighted by Crippen LogP contribution is -2.49. The van der Waals surface area contributed by atoms with Crippen molar-refractivity contribution in [3.8, 4) is 0 Å². The molecule has 0 aromatic heterocycles. The summed E-state index contributed by atoms with van der Waals surface area (Å²) in [5.74, 6) is 1.12. The topological polar surface area (TPSA) is 0 Å². The number of unbranched alkanes of at least 4 members (excludes halogenated alkanes) is 1. The minimum atomic E-state index is 0.352. The quantitative estimate of drug-likeness (QED) is 0.370. The van der Waals surface area contributed by atoms with E-state index in [-0.39, 0.29) is 0 Å². The van der Waals surface area contributed by atoms with E-state index < -0.39 is 0 Å². The van der Waals surface area contributed by atoms with Crippen molar-refractivity contribution in [2.75, 3.05) is 0 Å². The predicted octanol–water partition coefficient (Wildman–Crippen LogP) is 6.42. The van der Waals surface area contributed by atoms with Gasteiger partial charge in [0.25, 0.3) is 0 Å². The summed E-state index contributed by atoms with van der Waals surface area (Å²) in [7, 11) is 0. The maximum atomic E-state index is 6.48. The molecule has 0 unspecified atom stereocenters. The van der Waals surface area contributed by atoms with Gasteiger partial charge in [0, 0.05) is 11.8 Å². The maximum Gasteiger partial charge on any atom is 0.210 e. The second-order valence-electron chi connectivity index (χ2n) is 8.02. The van der Waals surface area contributed by atoms with Crippen molar-refractivity contribution >= 4 is 40.8 Å². The Morgan fingerprint density at radius 1 is 0.704 bits per heavy atom. The third kappa shape index (κ3) is 4.41. The zero-order valence-electron chi connectivity index (χ0n) is 18.0. The molecule has 27 heavy (non-hydrogen) atoms. The molecule has 0 saturated carbocycles. The van der Waals surface area contributed by atoms with Crippen LogP contribution in [0.3, 0.4) is 0 Å². The van der Waals surface area contributed by atoms with E-state index in [9.17, 15) is 0 Å². The van der Waals surface area contributed by atoms with Gasteiger partial charge in [-0.15, -0.1) is 23.2 Å². The van der Waals surface area contributed by atoms with Crippen molar-refractivity contribution < 1.29 is 0 Å². The Morgan fingerprint density at radius 2 is 1.11 bits per heavy atom. The molecular weight excluding hydrogens is 370 g/mol. The Bertz CT molecular complexity index is 759. The van der Waals surface area contributed by atoms with Crippen molar-refractivity contribution in [2.45, 2.75) is 79.4 Å². The third-order valence-electron chi connectivity index (χ3n) is 6.27. The number of rotatable bonds is 7. The van der Waals surface area contributed by atoms with Gasteiger partial charge in [-0.05, 0) is 74.9 Å². The van der Waals surface area contributed by atoms with Crippen molar-refractivity contribution in [3.05, 3.63) is 56.6 Å². The predicted molar refractivity (Wildman–Crippen MR) is 125 cm³/mol. The lowest BCUT2D eigenvalue weighted by molar-refractivity contribution is 0.877. The Labute approximate surface area is 176 Å². The van der Waals surface area contributed by atoms with E-state index in [1.165, 1.54) is 68.3 Å². The zero-order valence-corrected chi connectivity index (χ0v) is 19.5. The van der Waals surface area contributed by atoms with Crippen molar-refractivity contribution in [1.29, 1.82) is 0 Å². The summed E-state index contributed by atoms with van der Waals surface area (Å²) < 4.78 is 0. The first-order valence-electron chi connectivity index (χ1n) is 10.1. The third-order valence-corrected chi connectivity index (χ3v) is 6.80. The van der Waals surface area contributed by atoms with Crippen LogP contribution < -0.4 is 10.9 Å². The Hall–Kier alpha value is -0.915. The van der Waals surface area contributed by atoms with Crippen molar-refractivity contribution in [2.24, 2.45) is 0 Å². The first-order chi connectivity index (χ1) is 12.8. The number of aryl methyl sites for hydroxylation is 4. The summed E-state index contributed by atoms with van der Waals surface area (Å²) in [6, 6.07) is 4.56. The first kappa shape index (κ1) is 22.4. The van der Waals surface area contributed by atoms with E-state index in [1.807, 2.05) is 0 Å². The molecule has 0 atom stereocenters. The normalized spacial score (nSPS) is 11.1. The second-order valence-corrected chi connectivity index (χ2v) is 8.55. The van der Waals surface area contributed by atoms with E-state index >= 15 is 0 Å². The molecule has 0 aliphatic heterocycles. The van der Waals surface area contributed by atoms with E-state index in [0.717, 1.165) is 6.32 Å². The van der Waals surface area contributed by atoms with Crippen LogP contribution in [-0.4, -0.2) is 6.71 Å². The SMILES string of the molecule is CCCCB(c1c(C)c(C)cc(C)c1CCl)c1c(C)c(C)cc(C)c1CCl. The maximum absolute atomic E-state index is 6.48. The molecule has 0 heterocycles. The molecule has 0 aliphatic carbocycles. The Balaban J connectivity index is 2.88. The fourth-order valence-corrected chi connectivity index (χ4v) is 5.19. The first-order valence-corrected chi connectivity index (χ1v) is 11.2. The monoisotopic (exact) mass is 402 g/mol. The molecule has 0 radical (unpaired) electrons. The van der Waals surface area contributed by atoms with Crippen LogP contribution in [0.1, 0.15) is 64.3 Å². The van der Waals surface area contributed by atoms with E-state index in [4.69, 9.17) is 23.2 Å². The highest BCUT2D eigenvalue weighted by Crippen LogP contribution is 2.23. The van der Waals surface area contributed by atoms with Crippen molar-refractivity contribution in [3.63, 3.8) is 0 Å². The number of alkyl halides is 2. The summed E-state index contributed by atoms with van der Waals surface area (Å²) in [6.45, 7) is 16.0. The van der Waals surface area contributed by atoms with E-state index in [0.29, 0.717) is 18.5 Å². The lowest BCUT2D eigenvalue weighted by atomic mass is 9.35. The Kier molecular flexibility index (Phi) is 7.89. The van der Waals surface area contributed by atoms with Crippen LogP contribution in [0.4, 0.5) is 0 Å². The standard InChI is InChI=1S/C24H33BCl2/c1-8-9-10-25(23-19(6)15(2)11-17(4)21(23)13-26)24-20(7)16(3)12-18(5)22(24)14-27/h11-12H,8-10,13-14H2,1-7H3. The average Bonchev–Trinajstić information content (AvgIpc) is 2.62. The largest absolute Gasteiger partial charge is 0.210 e. The molecule has 0 N–H and O–H groups in total. The van der Waals surface area contributed by atoms with Gasteiger partial charge >= 0.3 is 0 Å². The van der Waals surface area contributed by atoms with E-state index in [2.05, 4.69) is 60.6 Å². The molecule has 0 spiro atoms. The number of halogens is 2. The molecule has 0 nitrogen and oxygen atoms in total. The second kappa shape index (κ2) is 9.53. The summed E-state index contributed by atoms with van der Waals surface area (Å²) in [5.41, 5.74) is 13.6. The van der Waals surface area contributed by atoms with Crippen LogP contribution in [0.25, 0.3) is 0 Å². The molecule has 0 saturated heterocycles. The van der Waals surface area contributed by atoms with Crippen LogP contribution in [-0.2, 0) is 11.8 Å². The van der Waals surface area contributed by atoms with Gasteiger partial charge in [0.15, 0.2) is 0 Å². The summed E-state index contributed by atoms with van der Waals surface area (Å²) in [4.78, 5) is 0. The Morgan fingerprint density at radius 3 is 1.44 bits per heavy atom. The minimum absolute atomic E-state index is 0.352. The average molecular weight is 403 g/mol. The molecule has 2 aromatic carbocycles. The van der Waals surface area contributed by atoms with Gasteiger partial charge < -0.3 is 0 Å². The fourth-order valence-electron chi connectivity index (χ4n) is 4.48. The van der Waals surface area contributed by atoms with Gasteiger partial charge in [-0.1, -0.05) is 60.3 Å². The van der Waals surface area contributed by atoms with Gasteiger partial charge in [-0.2, -0.15) is 0 Å². The summed E-state index contributed by atoms with van der Waals surface area (Å²) >= 11 is 13.0. The molecule has 0 amide bonds. The van der Waals surface area contributed by atoms with Crippen LogP contribution in [0.2, 0.25) is 6.32 Å². The van der Waals surface area contributed by atoms with Crippen molar-refractivity contribution in [1.82, 2.24) is 0 Å². The highest BCUT2D eigenvalue weighted by Gasteiger charge is 2.29. The van der Waals surface area contributed by atoms with Gasteiger partial charge in [0.2, 0.25) is 6.71 Å². The molecule has 2 rings (SSSR count).